The molecular formula is C19H33N5O2. The summed E-state index contributed by atoms with van der Waals surface area (Å²) in [7, 11) is 1.79. The van der Waals surface area contributed by atoms with Crippen molar-refractivity contribution in [2.24, 2.45) is 4.99 Å². The number of ether oxygens (including phenoxy) is 2. The van der Waals surface area contributed by atoms with Crippen molar-refractivity contribution in [1.29, 1.82) is 0 Å². The Bertz CT molecular complexity index is 535. The fourth-order valence-corrected chi connectivity index (χ4v) is 2.82. The highest BCUT2D eigenvalue weighted by atomic mass is 16.5. The summed E-state index contributed by atoms with van der Waals surface area (Å²) in [6.45, 7) is 9.87. The first-order chi connectivity index (χ1) is 12.7. The van der Waals surface area contributed by atoms with Crippen molar-refractivity contribution >= 4 is 11.8 Å². The zero-order chi connectivity index (χ0) is 18.6. The lowest BCUT2D eigenvalue weighted by molar-refractivity contribution is 0.0529. The number of nitrogens with one attached hydrogen (secondary N) is 2. The number of aromatic nitrogens is 1. The van der Waals surface area contributed by atoms with Gasteiger partial charge in [-0.2, -0.15) is 0 Å². The van der Waals surface area contributed by atoms with E-state index < -0.39 is 0 Å². The van der Waals surface area contributed by atoms with Gasteiger partial charge in [-0.15, -0.1) is 0 Å². The van der Waals surface area contributed by atoms with Gasteiger partial charge in [0.1, 0.15) is 5.82 Å². The van der Waals surface area contributed by atoms with Crippen molar-refractivity contribution < 1.29 is 9.47 Å². The third-order valence-corrected chi connectivity index (χ3v) is 4.27. The van der Waals surface area contributed by atoms with Gasteiger partial charge in [-0.3, -0.25) is 4.99 Å². The predicted octanol–water partition coefficient (Wildman–Crippen LogP) is 1.79. The molecule has 0 radical (unpaired) electrons. The van der Waals surface area contributed by atoms with E-state index >= 15 is 0 Å². The lowest BCUT2D eigenvalue weighted by Crippen LogP contribution is -2.41. The lowest BCUT2D eigenvalue weighted by Gasteiger charge is -2.32. The first-order valence-corrected chi connectivity index (χ1v) is 9.56. The van der Waals surface area contributed by atoms with Gasteiger partial charge in [0.05, 0.1) is 12.7 Å². The Balaban J connectivity index is 1.70. The topological polar surface area (TPSA) is 71.0 Å². The van der Waals surface area contributed by atoms with Gasteiger partial charge in [-0.1, -0.05) is 6.07 Å². The molecule has 7 nitrogen and oxygen atoms in total. The van der Waals surface area contributed by atoms with Crippen LogP contribution in [-0.4, -0.2) is 63.6 Å². The number of morpholine rings is 1. The van der Waals surface area contributed by atoms with Gasteiger partial charge >= 0.3 is 0 Å². The maximum absolute atomic E-state index is 5.58. The number of guanidine groups is 1. The monoisotopic (exact) mass is 363 g/mol. The zero-order valence-electron chi connectivity index (χ0n) is 16.3. The minimum Gasteiger partial charge on any atom is -0.382 e. The summed E-state index contributed by atoms with van der Waals surface area (Å²) >= 11 is 0. The molecule has 1 aromatic heterocycles. The van der Waals surface area contributed by atoms with Gasteiger partial charge in [0.2, 0.25) is 0 Å². The van der Waals surface area contributed by atoms with Crippen LogP contribution in [0.2, 0.25) is 0 Å². The summed E-state index contributed by atoms with van der Waals surface area (Å²) in [5, 5.41) is 6.65. The number of pyridine rings is 1. The van der Waals surface area contributed by atoms with Crippen molar-refractivity contribution in [3.8, 4) is 0 Å². The molecule has 1 saturated heterocycles. The van der Waals surface area contributed by atoms with Crippen LogP contribution < -0.4 is 15.5 Å². The highest BCUT2D eigenvalue weighted by molar-refractivity contribution is 5.79. The first-order valence-electron chi connectivity index (χ1n) is 9.56. The SMILES string of the molecule is CCOCCCCNC(=NC)NCc1ccc(N2CCOC(C)C2)nc1. The Morgan fingerprint density at radius 3 is 2.96 bits per heavy atom. The maximum atomic E-state index is 5.58. The standard InChI is InChI=1S/C19H33N5O2/c1-4-25-11-6-5-9-21-19(20-3)23-14-17-7-8-18(22-13-17)24-10-12-26-16(2)15-24/h7-8,13,16H,4-6,9-12,14-15H2,1-3H3,(H2,20,21,23). The van der Waals surface area contributed by atoms with Crippen LogP contribution in [0, 0.1) is 0 Å². The average Bonchev–Trinajstić information content (AvgIpc) is 2.67. The number of anilines is 1. The third kappa shape index (κ3) is 7.17. The number of rotatable bonds is 9. The van der Waals surface area contributed by atoms with E-state index in [9.17, 15) is 0 Å². The van der Waals surface area contributed by atoms with Gasteiger partial charge in [-0.25, -0.2) is 4.98 Å². The van der Waals surface area contributed by atoms with Crippen LogP contribution in [0.3, 0.4) is 0 Å². The first kappa shape index (κ1) is 20.5. The van der Waals surface area contributed by atoms with Crippen LogP contribution >= 0.6 is 0 Å². The molecule has 26 heavy (non-hydrogen) atoms. The quantitative estimate of drug-likeness (QED) is 0.396. The summed E-state index contributed by atoms with van der Waals surface area (Å²) < 4.78 is 10.9. The molecule has 1 aliphatic heterocycles. The Kier molecular flexibility index (Phi) is 9.20. The maximum Gasteiger partial charge on any atom is 0.191 e. The second-order valence-corrected chi connectivity index (χ2v) is 6.41. The van der Waals surface area contributed by atoms with Crippen molar-refractivity contribution in [3.63, 3.8) is 0 Å². The molecule has 2 rings (SSSR count). The van der Waals surface area contributed by atoms with Crippen LogP contribution in [0.1, 0.15) is 32.3 Å². The number of hydrogen-bond donors (Lipinski definition) is 2. The fourth-order valence-electron chi connectivity index (χ4n) is 2.82. The van der Waals surface area contributed by atoms with Gasteiger partial charge in [0, 0.05) is 52.6 Å². The molecule has 0 amide bonds. The van der Waals surface area contributed by atoms with Crippen molar-refractivity contribution in [2.45, 2.75) is 39.3 Å². The molecule has 146 valence electrons. The summed E-state index contributed by atoms with van der Waals surface area (Å²) in [6.07, 6.45) is 4.31. The van der Waals surface area contributed by atoms with Crippen LogP contribution in [0.25, 0.3) is 0 Å². The Morgan fingerprint density at radius 1 is 1.38 bits per heavy atom. The molecule has 1 aliphatic rings. The van der Waals surface area contributed by atoms with Crippen molar-refractivity contribution in [1.82, 2.24) is 15.6 Å². The van der Waals surface area contributed by atoms with E-state index in [1.807, 2.05) is 13.1 Å². The van der Waals surface area contributed by atoms with E-state index in [0.29, 0.717) is 6.54 Å². The van der Waals surface area contributed by atoms with E-state index in [4.69, 9.17) is 9.47 Å². The van der Waals surface area contributed by atoms with Crippen molar-refractivity contribution in [3.05, 3.63) is 23.9 Å². The number of nitrogens with zero attached hydrogens (tertiary/aromatic N) is 3. The van der Waals surface area contributed by atoms with E-state index in [1.165, 1.54) is 0 Å². The molecular weight excluding hydrogens is 330 g/mol. The molecule has 0 aromatic carbocycles. The highest BCUT2D eigenvalue weighted by Crippen LogP contribution is 2.15. The molecule has 1 aromatic rings. The number of hydrogen-bond acceptors (Lipinski definition) is 5. The average molecular weight is 364 g/mol. The van der Waals surface area contributed by atoms with E-state index in [2.05, 4.69) is 44.6 Å². The zero-order valence-corrected chi connectivity index (χ0v) is 16.3. The second kappa shape index (κ2) is 11.7. The summed E-state index contributed by atoms with van der Waals surface area (Å²) in [5.74, 6) is 1.83. The molecule has 1 unspecified atom stereocenters. The molecule has 0 saturated carbocycles. The van der Waals surface area contributed by atoms with Gasteiger partial charge in [0.15, 0.2) is 5.96 Å². The Morgan fingerprint density at radius 2 is 2.27 bits per heavy atom. The van der Waals surface area contributed by atoms with E-state index in [-0.39, 0.29) is 6.10 Å². The van der Waals surface area contributed by atoms with E-state index in [1.54, 1.807) is 7.05 Å². The normalized spacial score (nSPS) is 18.0. The lowest BCUT2D eigenvalue weighted by atomic mass is 10.2. The van der Waals surface area contributed by atoms with Crippen LogP contribution in [-0.2, 0) is 16.0 Å². The molecule has 0 spiro atoms. The minimum absolute atomic E-state index is 0.259. The Labute approximate surface area is 157 Å². The van der Waals surface area contributed by atoms with Crippen LogP contribution in [0.4, 0.5) is 5.82 Å². The van der Waals surface area contributed by atoms with Gasteiger partial charge < -0.3 is 25.0 Å². The third-order valence-electron chi connectivity index (χ3n) is 4.27. The Hall–Kier alpha value is -1.86. The smallest absolute Gasteiger partial charge is 0.191 e. The van der Waals surface area contributed by atoms with Crippen LogP contribution in [0.15, 0.2) is 23.3 Å². The highest BCUT2D eigenvalue weighted by Gasteiger charge is 2.17. The molecule has 0 aliphatic carbocycles. The second-order valence-electron chi connectivity index (χ2n) is 6.41. The van der Waals surface area contributed by atoms with Gasteiger partial charge in [0.25, 0.3) is 0 Å². The number of unbranched alkanes of at least 4 members (excludes halogenated alkanes) is 1. The molecule has 1 fully saturated rings. The molecule has 2 N–H and O–H groups in total. The number of aliphatic imine (C=N–C) groups is 1. The summed E-state index contributed by atoms with van der Waals surface area (Å²) in [6, 6.07) is 4.20. The fraction of sp³-hybridized carbons (Fsp3) is 0.684. The largest absolute Gasteiger partial charge is 0.382 e. The van der Waals surface area contributed by atoms with Gasteiger partial charge in [-0.05, 0) is 38.3 Å². The van der Waals surface area contributed by atoms with Crippen molar-refractivity contribution in [2.75, 3.05) is 51.4 Å². The molecule has 0 bridgehead atoms. The minimum atomic E-state index is 0.259. The van der Waals surface area contributed by atoms with Crippen LogP contribution in [0.5, 0.6) is 0 Å². The molecule has 7 heteroatoms. The molecule has 1 atom stereocenters. The van der Waals surface area contributed by atoms with E-state index in [0.717, 1.165) is 69.6 Å². The summed E-state index contributed by atoms with van der Waals surface area (Å²) in [5.41, 5.74) is 1.13. The molecule has 2 heterocycles. The summed E-state index contributed by atoms with van der Waals surface area (Å²) in [4.78, 5) is 11.1. The predicted molar refractivity (Wildman–Crippen MR) is 106 cm³/mol.